The molecule has 1 amide bonds. The number of benzene rings is 1. The molecule has 108 valence electrons. The first-order valence-corrected chi connectivity index (χ1v) is 6.97. The van der Waals surface area contributed by atoms with Crippen LogP contribution in [0.5, 0.6) is 0 Å². The zero-order valence-corrected chi connectivity index (χ0v) is 11.3. The predicted octanol–water partition coefficient (Wildman–Crippen LogP) is 0.941. The second-order valence-electron chi connectivity index (χ2n) is 5.09. The second-order valence-corrected chi connectivity index (χ2v) is 5.09. The van der Waals surface area contributed by atoms with Crippen LogP contribution in [0.2, 0.25) is 0 Å². The van der Waals surface area contributed by atoms with Crippen LogP contribution >= 0.6 is 0 Å². The average Bonchev–Trinajstić information content (AvgIpc) is 2.48. The van der Waals surface area contributed by atoms with Crippen molar-refractivity contribution in [1.29, 1.82) is 0 Å². The van der Waals surface area contributed by atoms with Crippen molar-refractivity contribution >= 4 is 11.9 Å². The van der Waals surface area contributed by atoms with Gasteiger partial charge in [0.15, 0.2) is 0 Å². The van der Waals surface area contributed by atoms with Crippen LogP contribution in [0.1, 0.15) is 24.8 Å². The molecule has 5 heteroatoms. The minimum atomic E-state index is -1.00. The average molecular weight is 276 g/mol. The summed E-state index contributed by atoms with van der Waals surface area (Å²) < 4.78 is 0. The van der Waals surface area contributed by atoms with Crippen LogP contribution in [-0.2, 0) is 16.0 Å². The Morgan fingerprint density at radius 1 is 1.30 bits per heavy atom. The van der Waals surface area contributed by atoms with Crippen molar-refractivity contribution < 1.29 is 14.7 Å². The van der Waals surface area contributed by atoms with Gasteiger partial charge in [-0.05, 0) is 24.9 Å². The van der Waals surface area contributed by atoms with E-state index in [1.54, 1.807) is 0 Å². The fourth-order valence-corrected chi connectivity index (χ4v) is 2.40. The van der Waals surface area contributed by atoms with Gasteiger partial charge in [0.25, 0.3) is 0 Å². The Balaban J connectivity index is 1.95. The number of hydrogen-bond acceptors (Lipinski definition) is 3. The number of hydrogen-bond donors (Lipinski definition) is 3. The quantitative estimate of drug-likeness (QED) is 0.748. The van der Waals surface area contributed by atoms with E-state index in [1.807, 2.05) is 30.3 Å². The van der Waals surface area contributed by atoms with E-state index in [0.717, 1.165) is 31.4 Å². The number of nitrogens with one attached hydrogen (secondary N) is 2. The van der Waals surface area contributed by atoms with Crippen LogP contribution in [0, 0.1) is 0 Å². The summed E-state index contributed by atoms with van der Waals surface area (Å²) in [6.07, 6.45) is 3.13. The highest BCUT2D eigenvalue weighted by atomic mass is 16.4. The molecule has 1 aliphatic rings. The zero-order valence-electron chi connectivity index (χ0n) is 11.3. The predicted molar refractivity (Wildman–Crippen MR) is 75.4 cm³/mol. The molecule has 2 rings (SSSR count). The molecule has 3 N–H and O–H groups in total. The Morgan fingerprint density at radius 2 is 2.05 bits per heavy atom. The zero-order chi connectivity index (χ0) is 14.4. The van der Waals surface area contributed by atoms with Crippen LogP contribution in [0.15, 0.2) is 30.3 Å². The lowest BCUT2D eigenvalue weighted by atomic mass is 10.0. The Morgan fingerprint density at radius 3 is 2.65 bits per heavy atom. The summed E-state index contributed by atoms with van der Waals surface area (Å²) in [5.74, 6) is -1.22. The second kappa shape index (κ2) is 7.05. The fraction of sp³-hybridized carbons (Fsp3) is 0.467. The van der Waals surface area contributed by atoms with Crippen molar-refractivity contribution in [3.8, 4) is 0 Å². The third-order valence-corrected chi connectivity index (χ3v) is 3.52. The molecule has 1 saturated heterocycles. The number of amides is 1. The van der Waals surface area contributed by atoms with Crippen molar-refractivity contribution in [3.05, 3.63) is 35.9 Å². The maximum absolute atomic E-state index is 12.1. The van der Waals surface area contributed by atoms with Gasteiger partial charge in [0.05, 0.1) is 6.04 Å². The lowest BCUT2D eigenvalue weighted by Gasteiger charge is -2.24. The molecule has 20 heavy (non-hydrogen) atoms. The van der Waals surface area contributed by atoms with Gasteiger partial charge in [-0.1, -0.05) is 36.8 Å². The Kier molecular flexibility index (Phi) is 5.12. The number of aliphatic carboxylic acids is 1. The summed E-state index contributed by atoms with van der Waals surface area (Å²) >= 11 is 0. The van der Waals surface area contributed by atoms with Crippen LogP contribution < -0.4 is 10.6 Å². The highest BCUT2D eigenvalue weighted by Gasteiger charge is 2.26. The molecule has 5 nitrogen and oxygen atoms in total. The van der Waals surface area contributed by atoms with Crippen LogP contribution in [-0.4, -0.2) is 35.6 Å². The number of piperidine rings is 1. The van der Waals surface area contributed by atoms with Crippen LogP contribution in [0.3, 0.4) is 0 Å². The molecule has 1 aromatic rings. The number of rotatable bonds is 5. The highest BCUT2D eigenvalue weighted by molar-refractivity contribution is 5.87. The van der Waals surface area contributed by atoms with E-state index in [-0.39, 0.29) is 11.9 Å². The lowest BCUT2D eigenvalue weighted by Crippen LogP contribution is -2.52. The van der Waals surface area contributed by atoms with Crippen molar-refractivity contribution in [1.82, 2.24) is 10.6 Å². The molecule has 1 aliphatic heterocycles. The van der Waals surface area contributed by atoms with Gasteiger partial charge in [-0.3, -0.25) is 4.79 Å². The summed E-state index contributed by atoms with van der Waals surface area (Å²) in [4.78, 5) is 23.4. The van der Waals surface area contributed by atoms with Gasteiger partial charge in [-0.15, -0.1) is 0 Å². The molecule has 0 aliphatic carbocycles. The first-order chi connectivity index (χ1) is 9.66. The van der Waals surface area contributed by atoms with Crippen molar-refractivity contribution in [2.24, 2.45) is 0 Å². The topological polar surface area (TPSA) is 78.4 Å². The van der Waals surface area contributed by atoms with Crippen molar-refractivity contribution in [2.45, 2.75) is 37.8 Å². The summed E-state index contributed by atoms with van der Waals surface area (Å²) in [7, 11) is 0. The summed E-state index contributed by atoms with van der Waals surface area (Å²) in [5, 5.41) is 15.0. The van der Waals surface area contributed by atoms with Crippen LogP contribution in [0.4, 0.5) is 0 Å². The van der Waals surface area contributed by atoms with Crippen molar-refractivity contribution in [2.75, 3.05) is 6.54 Å². The van der Waals surface area contributed by atoms with E-state index in [9.17, 15) is 14.7 Å². The maximum Gasteiger partial charge on any atom is 0.326 e. The van der Waals surface area contributed by atoms with Gasteiger partial charge >= 0.3 is 5.97 Å². The third-order valence-electron chi connectivity index (χ3n) is 3.52. The first kappa shape index (κ1) is 14.5. The molecule has 1 fully saturated rings. The Bertz CT molecular complexity index is 455. The number of carboxylic acid groups (broad SMARTS) is 1. The molecular formula is C15H20N2O3. The minimum absolute atomic E-state index is 0.215. The normalized spacial score (nSPS) is 20.1. The van der Waals surface area contributed by atoms with E-state index in [2.05, 4.69) is 10.6 Å². The molecule has 1 heterocycles. The monoisotopic (exact) mass is 276 g/mol. The van der Waals surface area contributed by atoms with Gasteiger partial charge in [0, 0.05) is 6.42 Å². The van der Waals surface area contributed by atoms with Crippen LogP contribution in [0.25, 0.3) is 0 Å². The molecule has 2 atom stereocenters. The van der Waals surface area contributed by atoms with E-state index in [1.165, 1.54) is 0 Å². The molecule has 0 saturated carbocycles. The smallest absolute Gasteiger partial charge is 0.326 e. The highest BCUT2D eigenvalue weighted by Crippen LogP contribution is 2.08. The van der Waals surface area contributed by atoms with Gasteiger partial charge in [-0.25, -0.2) is 4.79 Å². The van der Waals surface area contributed by atoms with Gasteiger partial charge < -0.3 is 15.7 Å². The molecule has 0 aromatic heterocycles. The lowest BCUT2D eigenvalue weighted by molar-refractivity contribution is -0.142. The summed E-state index contributed by atoms with van der Waals surface area (Å²) in [6, 6.07) is 8.18. The fourth-order valence-electron chi connectivity index (χ4n) is 2.40. The largest absolute Gasteiger partial charge is 0.480 e. The molecule has 0 spiro atoms. The first-order valence-electron chi connectivity index (χ1n) is 6.97. The van der Waals surface area contributed by atoms with E-state index >= 15 is 0 Å². The van der Waals surface area contributed by atoms with Gasteiger partial charge in [-0.2, -0.15) is 0 Å². The van der Waals surface area contributed by atoms with E-state index in [0.29, 0.717) is 6.42 Å². The number of carbonyl (C=O) groups is 2. The van der Waals surface area contributed by atoms with Crippen molar-refractivity contribution in [3.63, 3.8) is 0 Å². The molecule has 1 aromatic carbocycles. The maximum atomic E-state index is 12.1. The SMILES string of the molecule is O=C(O)C(Cc1ccccc1)NC(=O)[C@H]1CCCCN1. The molecule has 1 unspecified atom stereocenters. The Hall–Kier alpha value is -1.88. The number of carbonyl (C=O) groups excluding carboxylic acids is 1. The van der Waals surface area contributed by atoms with Gasteiger partial charge in [0.1, 0.15) is 6.04 Å². The summed E-state index contributed by atoms with van der Waals surface area (Å²) in [6.45, 7) is 0.814. The third kappa shape index (κ3) is 4.06. The Labute approximate surface area is 118 Å². The molecular weight excluding hydrogens is 256 g/mol. The van der Waals surface area contributed by atoms with E-state index in [4.69, 9.17) is 0 Å². The minimum Gasteiger partial charge on any atom is -0.480 e. The summed E-state index contributed by atoms with van der Waals surface area (Å²) in [5.41, 5.74) is 0.900. The standard InChI is InChI=1S/C15H20N2O3/c18-14(12-8-4-5-9-16-12)17-13(15(19)20)10-11-6-2-1-3-7-11/h1-3,6-7,12-13,16H,4-5,8-10H2,(H,17,18)(H,19,20)/t12-,13?/m1/s1. The van der Waals surface area contributed by atoms with E-state index < -0.39 is 12.0 Å². The number of carboxylic acids is 1. The van der Waals surface area contributed by atoms with Gasteiger partial charge in [0.2, 0.25) is 5.91 Å². The molecule has 0 bridgehead atoms. The molecule has 0 radical (unpaired) electrons.